The number of nitrogens with two attached hydrogens (primary N) is 1. The van der Waals surface area contributed by atoms with E-state index in [-0.39, 0.29) is 0 Å². The maximum atomic E-state index is 5.73. The molecule has 0 radical (unpaired) electrons. The SMILES string of the molecule is COc1ccc(CN(C)C2CCC2)cc1CN. The molecule has 0 unspecified atom stereocenters. The van der Waals surface area contributed by atoms with E-state index in [1.807, 2.05) is 6.07 Å². The third-order valence-electron chi connectivity index (χ3n) is 3.69. The Morgan fingerprint density at radius 2 is 2.18 bits per heavy atom. The van der Waals surface area contributed by atoms with Gasteiger partial charge in [-0.15, -0.1) is 0 Å². The van der Waals surface area contributed by atoms with Gasteiger partial charge in [-0.05, 0) is 37.6 Å². The van der Waals surface area contributed by atoms with Crippen LogP contribution in [0, 0.1) is 0 Å². The van der Waals surface area contributed by atoms with Crippen molar-refractivity contribution in [2.24, 2.45) is 5.73 Å². The van der Waals surface area contributed by atoms with Crippen LogP contribution in [0.1, 0.15) is 30.4 Å². The van der Waals surface area contributed by atoms with Crippen molar-refractivity contribution in [1.82, 2.24) is 4.90 Å². The van der Waals surface area contributed by atoms with Crippen LogP contribution in [0.5, 0.6) is 5.75 Å². The van der Waals surface area contributed by atoms with Crippen molar-refractivity contribution in [2.45, 2.75) is 38.4 Å². The Hall–Kier alpha value is -1.06. The van der Waals surface area contributed by atoms with Gasteiger partial charge in [-0.25, -0.2) is 0 Å². The van der Waals surface area contributed by atoms with E-state index in [0.29, 0.717) is 6.54 Å². The number of hydrogen-bond donors (Lipinski definition) is 1. The van der Waals surface area contributed by atoms with Crippen molar-refractivity contribution < 1.29 is 4.74 Å². The first kappa shape index (κ1) is 12.4. The molecule has 0 aromatic heterocycles. The average Bonchev–Trinajstić information content (AvgIpc) is 2.26. The maximum Gasteiger partial charge on any atom is 0.123 e. The highest BCUT2D eigenvalue weighted by atomic mass is 16.5. The molecule has 0 spiro atoms. The Kier molecular flexibility index (Phi) is 4.02. The van der Waals surface area contributed by atoms with E-state index in [1.165, 1.54) is 24.8 Å². The molecule has 1 saturated carbocycles. The quantitative estimate of drug-likeness (QED) is 0.848. The van der Waals surface area contributed by atoms with Crippen molar-refractivity contribution >= 4 is 0 Å². The summed E-state index contributed by atoms with van der Waals surface area (Å²) in [5.74, 6) is 0.891. The van der Waals surface area contributed by atoms with E-state index in [2.05, 4.69) is 24.1 Å². The Balaban J connectivity index is 2.05. The van der Waals surface area contributed by atoms with Gasteiger partial charge in [-0.2, -0.15) is 0 Å². The lowest BCUT2D eigenvalue weighted by molar-refractivity contribution is 0.152. The summed E-state index contributed by atoms with van der Waals surface area (Å²) in [7, 11) is 3.89. The molecule has 1 aromatic carbocycles. The molecule has 1 aliphatic rings. The van der Waals surface area contributed by atoms with Crippen LogP contribution in [-0.4, -0.2) is 25.1 Å². The molecule has 0 amide bonds. The summed E-state index contributed by atoms with van der Waals surface area (Å²) in [4.78, 5) is 2.44. The molecule has 0 bridgehead atoms. The smallest absolute Gasteiger partial charge is 0.123 e. The molecular weight excluding hydrogens is 212 g/mol. The summed E-state index contributed by atoms with van der Waals surface area (Å²) in [5.41, 5.74) is 8.14. The molecule has 1 fully saturated rings. The number of ether oxygens (including phenoxy) is 1. The first-order chi connectivity index (χ1) is 8.24. The molecule has 0 saturated heterocycles. The Labute approximate surface area is 104 Å². The van der Waals surface area contributed by atoms with Crippen molar-refractivity contribution in [3.05, 3.63) is 29.3 Å². The summed E-state index contributed by atoms with van der Waals surface area (Å²) in [6.45, 7) is 1.53. The lowest BCUT2D eigenvalue weighted by atomic mass is 9.91. The molecule has 2 N–H and O–H groups in total. The van der Waals surface area contributed by atoms with Gasteiger partial charge in [-0.3, -0.25) is 4.90 Å². The van der Waals surface area contributed by atoms with E-state index >= 15 is 0 Å². The van der Waals surface area contributed by atoms with Crippen LogP contribution in [0.15, 0.2) is 18.2 Å². The minimum absolute atomic E-state index is 0.532. The first-order valence-corrected chi connectivity index (χ1v) is 6.30. The summed E-state index contributed by atoms with van der Waals surface area (Å²) < 4.78 is 5.28. The van der Waals surface area contributed by atoms with Gasteiger partial charge in [0.2, 0.25) is 0 Å². The van der Waals surface area contributed by atoms with E-state index in [0.717, 1.165) is 23.9 Å². The maximum absolute atomic E-state index is 5.73. The fourth-order valence-corrected chi connectivity index (χ4v) is 2.33. The summed E-state index contributed by atoms with van der Waals surface area (Å²) >= 11 is 0. The summed E-state index contributed by atoms with van der Waals surface area (Å²) in [5, 5.41) is 0. The number of benzene rings is 1. The van der Waals surface area contributed by atoms with Gasteiger partial charge in [0.25, 0.3) is 0 Å². The van der Waals surface area contributed by atoms with Gasteiger partial charge >= 0.3 is 0 Å². The third-order valence-corrected chi connectivity index (χ3v) is 3.69. The van der Waals surface area contributed by atoms with Crippen molar-refractivity contribution in [3.63, 3.8) is 0 Å². The largest absolute Gasteiger partial charge is 0.496 e. The molecule has 0 aliphatic heterocycles. The zero-order chi connectivity index (χ0) is 12.3. The number of methoxy groups -OCH3 is 1. The highest BCUT2D eigenvalue weighted by Crippen LogP contribution is 2.26. The Bertz CT molecular complexity index is 374. The minimum atomic E-state index is 0.532. The van der Waals surface area contributed by atoms with Gasteiger partial charge in [0.1, 0.15) is 5.75 Å². The van der Waals surface area contributed by atoms with E-state index in [4.69, 9.17) is 10.5 Å². The van der Waals surface area contributed by atoms with Crippen molar-refractivity contribution in [2.75, 3.05) is 14.2 Å². The second kappa shape index (κ2) is 5.52. The Morgan fingerprint density at radius 1 is 1.41 bits per heavy atom. The second-order valence-electron chi connectivity index (χ2n) is 4.85. The molecule has 94 valence electrons. The molecule has 1 aromatic rings. The van der Waals surface area contributed by atoms with Crippen molar-refractivity contribution in [3.8, 4) is 5.75 Å². The van der Waals surface area contributed by atoms with Crippen LogP contribution in [0.25, 0.3) is 0 Å². The van der Waals surface area contributed by atoms with Gasteiger partial charge < -0.3 is 10.5 Å². The van der Waals surface area contributed by atoms with E-state index in [9.17, 15) is 0 Å². The second-order valence-corrected chi connectivity index (χ2v) is 4.85. The lowest BCUT2D eigenvalue weighted by Crippen LogP contribution is -2.36. The molecule has 0 heterocycles. The summed E-state index contributed by atoms with van der Waals surface area (Å²) in [6.07, 6.45) is 4.07. The predicted octanol–water partition coefficient (Wildman–Crippen LogP) is 2.14. The molecular formula is C14H22N2O. The highest BCUT2D eigenvalue weighted by molar-refractivity contribution is 5.37. The minimum Gasteiger partial charge on any atom is -0.496 e. The van der Waals surface area contributed by atoms with Crippen LogP contribution in [0.3, 0.4) is 0 Å². The molecule has 17 heavy (non-hydrogen) atoms. The fourth-order valence-electron chi connectivity index (χ4n) is 2.33. The Morgan fingerprint density at radius 3 is 2.71 bits per heavy atom. The van der Waals surface area contributed by atoms with Gasteiger partial charge in [0.15, 0.2) is 0 Å². The first-order valence-electron chi connectivity index (χ1n) is 6.30. The van der Waals surface area contributed by atoms with Gasteiger partial charge in [0, 0.05) is 24.7 Å². The summed E-state index contributed by atoms with van der Waals surface area (Å²) in [6, 6.07) is 7.09. The average molecular weight is 234 g/mol. The number of hydrogen-bond acceptors (Lipinski definition) is 3. The van der Waals surface area contributed by atoms with E-state index in [1.54, 1.807) is 7.11 Å². The topological polar surface area (TPSA) is 38.5 Å². The predicted molar refractivity (Wildman–Crippen MR) is 70.0 cm³/mol. The normalized spacial score (nSPS) is 16.0. The fraction of sp³-hybridized carbons (Fsp3) is 0.571. The van der Waals surface area contributed by atoms with Crippen LogP contribution < -0.4 is 10.5 Å². The molecule has 2 rings (SSSR count). The zero-order valence-corrected chi connectivity index (χ0v) is 10.8. The lowest BCUT2D eigenvalue weighted by Gasteiger charge is -2.34. The third kappa shape index (κ3) is 2.79. The monoisotopic (exact) mass is 234 g/mol. The van der Waals surface area contributed by atoms with Crippen LogP contribution in [-0.2, 0) is 13.1 Å². The zero-order valence-electron chi connectivity index (χ0n) is 10.8. The van der Waals surface area contributed by atoms with Gasteiger partial charge in [0.05, 0.1) is 7.11 Å². The van der Waals surface area contributed by atoms with Crippen LogP contribution >= 0.6 is 0 Å². The highest BCUT2D eigenvalue weighted by Gasteiger charge is 2.21. The van der Waals surface area contributed by atoms with E-state index < -0.39 is 0 Å². The molecule has 0 atom stereocenters. The molecule has 3 heteroatoms. The standard InChI is InChI=1S/C14H22N2O/c1-16(13-4-3-5-13)10-11-6-7-14(17-2)12(8-11)9-15/h6-8,13H,3-5,9-10,15H2,1-2H3. The van der Waals surface area contributed by atoms with Gasteiger partial charge in [-0.1, -0.05) is 12.5 Å². The number of nitrogens with zero attached hydrogens (tertiary/aromatic N) is 1. The van der Waals surface area contributed by atoms with Crippen LogP contribution in [0.2, 0.25) is 0 Å². The molecule has 1 aliphatic carbocycles. The van der Waals surface area contributed by atoms with Crippen molar-refractivity contribution in [1.29, 1.82) is 0 Å². The number of rotatable bonds is 5. The molecule has 3 nitrogen and oxygen atoms in total. The van der Waals surface area contributed by atoms with Crippen LogP contribution in [0.4, 0.5) is 0 Å².